The average Bonchev–Trinajstić information content (AvgIpc) is 3.51. The quantitative estimate of drug-likeness (QED) is 0.553. The van der Waals surface area contributed by atoms with Crippen LogP contribution in [0.1, 0.15) is 43.7 Å². The molecule has 0 spiro atoms. The number of aliphatic hydroxyl groups is 1. The summed E-state index contributed by atoms with van der Waals surface area (Å²) in [4.78, 5) is 14.9. The van der Waals surface area contributed by atoms with Gasteiger partial charge in [0.1, 0.15) is 0 Å². The highest BCUT2D eigenvalue weighted by Gasteiger charge is 2.44. The van der Waals surface area contributed by atoms with Crippen molar-refractivity contribution in [2.75, 3.05) is 0 Å². The molecule has 2 atom stereocenters. The maximum Gasteiger partial charge on any atom is 0.268 e. The smallest absolute Gasteiger partial charge is 0.268 e. The number of carbonyl (C=O) groups is 1. The first kappa shape index (κ1) is 20.5. The summed E-state index contributed by atoms with van der Waals surface area (Å²) in [7, 11) is 0. The molecule has 0 aliphatic heterocycles. The van der Waals surface area contributed by atoms with E-state index in [2.05, 4.69) is 34.5 Å². The van der Waals surface area contributed by atoms with E-state index < -0.39 is 17.7 Å². The highest BCUT2D eigenvalue weighted by Crippen LogP contribution is 2.25. The molecular weight excluding hydrogens is 350 g/mol. The van der Waals surface area contributed by atoms with Crippen molar-refractivity contribution < 1.29 is 9.90 Å². The molecule has 150 valence electrons. The second-order valence-electron chi connectivity index (χ2n) is 7.75. The van der Waals surface area contributed by atoms with Gasteiger partial charge in [-0.1, -0.05) is 74.0 Å². The minimum absolute atomic E-state index is 0.154. The van der Waals surface area contributed by atoms with Gasteiger partial charge in [0.2, 0.25) is 5.72 Å². The van der Waals surface area contributed by atoms with Crippen molar-refractivity contribution in [2.45, 2.75) is 63.5 Å². The summed E-state index contributed by atoms with van der Waals surface area (Å²) < 4.78 is 0. The third-order valence-electron chi connectivity index (χ3n) is 5.24. The van der Waals surface area contributed by atoms with E-state index in [1.807, 2.05) is 43.3 Å². The lowest BCUT2D eigenvalue weighted by Gasteiger charge is -2.40. The van der Waals surface area contributed by atoms with E-state index >= 15 is 0 Å². The zero-order valence-electron chi connectivity index (χ0n) is 16.6. The minimum Gasteiger partial charge on any atom is -0.366 e. The van der Waals surface area contributed by atoms with Gasteiger partial charge in [-0.25, -0.2) is 0 Å². The van der Waals surface area contributed by atoms with Crippen molar-refractivity contribution in [3.05, 3.63) is 71.8 Å². The Labute approximate surface area is 167 Å². The molecule has 5 nitrogen and oxygen atoms in total. The van der Waals surface area contributed by atoms with Crippen LogP contribution in [0.25, 0.3) is 0 Å². The highest BCUT2D eigenvalue weighted by atomic mass is 16.3. The summed E-state index contributed by atoms with van der Waals surface area (Å²) in [5.74, 6) is -0.473. The Morgan fingerprint density at radius 2 is 1.61 bits per heavy atom. The van der Waals surface area contributed by atoms with Gasteiger partial charge in [0.15, 0.2) is 0 Å². The maximum absolute atomic E-state index is 12.7. The monoisotopic (exact) mass is 381 g/mol. The number of amides is 1. The van der Waals surface area contributed by atoms with Crippen LogP contribution in [0.2, 0.25) is 0 Å². The molecular formula is C23H31N3O2. The molecule has 4 N–H and O–H groups in total. The summed E-state index contributed by atoms with van der Waals surface area (Å²) >= 11 is 0. The first-order valence-corrected chi connectivity index (χ1v) is 10.1. The second kappa shape index (κ2) is 9.32. The number of nitrogens with two attached hydrogens (primary N) is 1. The van der Waals surface area contributed by atoms with Crippen molar-refractivity contribution in [1.29, 1.82) is 0 Å². The van der Waals surface area contributed by atoms with Crippen LogP contribution in [0.5, 0.6) is 0 Å². The lowest BCUT2D eigenvalue weighted by Crippen LogP contribution is -2.66. The van der Waals surface area contributed by atoms with Gasteiger partial charge in [-0.05, 0) is 30.4 Å². The first-order valence-electron chi connectivity index (χ1n) is 10.1. The van der Waals surface area contributed by atoms with Crippen molar-refractivity contribution >= 4 is 5.91 Å². The van der Waals surface area contributed by atoms with Gasteiger partial charge in [-0.15, -0.1) is 0 Å². The van der Waals surface area contributed by atoms with Crippen LogP contribution in [0.15, 0.2) is 60.7 Å². The van der Waals surface area contributed by atoms with Gasteiger partial charge in [0.25, 0.3) is 5.91 Å². The zero-order chi connectivity index (χ0) is 20.0. The van der Waals surface area contributed by atoms with Gasteiger partial charge < -0.3 is 10.4 Å². The van der Waals surface area contributed by atoms with E-state index in [-0.39, 0.29) is 6.04 Å². The van der Waals surface area contributed by atoms with Crippen LogP contribution in [-0.2, 0) is 17.9 Å². The van der Waals surface area contributed by atoms with Crippen molar-refractivity contribution in [3.63, 3.8) is 0 Å². The molecule has 0 heterocycles. The van der Waals surface area contributed by atoms with Gasteiger partial charge >= 0.3 is 0 Å². The predicted octanol–water partition coefficient (Wildman–Crippen LogP) is 2.78. The molecule has 0 unspecified atom stereocenters. The van der Waals surface area contributed by atoms with Crippen LogP contribution >= 0.6 is 0 Å². The molecule has 1 amide bonds. The Bertz CT molecular complexity index is 703. The maximum atomic E-state index is 12.7. The molecule has 0 bridgehead atoms. The van der Waals surface area contributed by atoms with E-state index in [4.69, 9.17) is 5.73 Å². The number of hydrogen-bond donors (Lipinski definition) is 3. The van der Waals surface area contributed by atoms with Gasteiger partial charge in [0.05, 0.1) is 6.04 Å². The van der Waals surface area contributed by atoms with Crippen molar-refractivity contribution in [2.24, 2.45) is 5.73 Å². The second-order valence-corrected chi connectivity index (χ2v) is 7.75. The molecule has 1 saturated carbocycles. The minimum atomic E-state index is -1.94. The Hall–Kier alpha value is -2.21. The fourth-order valence-electron chi connectivity index (χ4n) is 3.55. The molecule has 5 heteroatoms. The molecule has 1 aliphatic carbocycles. The first-order chi connectivity index (χ1) is 13.5. The van der Waals surface area contributed by atoms with Crippen LogP contribution in [0.3, 0.4) is 0 Å². The molecule has 1 aliphatic rings. The molecule has 28 heavy (non-hydrogen) atoms. The molecule has 1 fully saturated rings. The number of nitrogens with one attached hydrogen (secondary N) is 1. The SMILES string of the molecule is CCC[C@H](N(Cc1ccccc1)Cc1ccccc1)[C@](N)(O)C(=O)NC1CC1. The molecule has 2 aromatic rings. The summed E-state index contributed by atoms with van der Waals surface area (Å²) in [6, 6.07) is 19.9. The molecule has 0 radical (unpaired) electrons. The van der Waals surface area contributed by atoms with E-state index in [9.17, 15) is 9.90 Å². The third-order valence-corrected chi connectivity index (χ3v) is 5.24. The normalized spacial score (nSPS) is 17.1. The number of hydrogen-bond acceptors (Lipinski definition) is 4. The zero-order valence-corrected chi connectivity index (χ0v) is 16.6. The summed E-state index contributed by atoms with van der Waals surface area (Å²) in [6.07, 6.45) is 3.36. The van der Waals surface area contributed by atoms with Gasteiger partial charge in [-0.2, -0.15) is 0 Å². The Morgan fingerprint density at radius 1 is 1.11 bits per heavy atom. The molecule has 0 aromatic heterocycles. The number of carbonyl (C=O) groups excluding carboxylic acids is 1. The van der Waals surface area contributed by atoms with E-state index in [0.717, 1.165) is 30.4 Å². The topological polar surface area (TPSA) is 78.6 Å². The molecule has 3 rings (SSSR count). The van der Waals surface area contributed by atoms with Crippen LogP contribution in [0.4, 0.5) is 0 Å². The van der Waals surface area contributed by atoms with E-state index in [0.29, 0.717) is 19.5 Å². The highest BCUT2D eigenvalue weighted by molar-refractivity contribution is 5.85. The van der Waals surface area contributed by atoms with Crippen molar-refractivity contribution in [1.82, 2.24) is 10.2 Å². The molecule has 0 saturated heterocycles. The van der Waals surface area contributed by atoms with Crippen LogP contribution in [0, 0.1) is 0 Å². The number of rotatable bonds is 10. The van der Waals surface area contributed by atoms with Crippen molar-refractivity contribution in [3.8, 4) is 0 Å². The number of benzene rings is 2. The van der Waals surface area contributed by atoms with E-state index in [1.165, 1.54) is 0 Å². The fourth-order valence-corrected chi connectivity index (χ4v) is 3.55. The lowest BCUT2D eigenvalue weighted by atomic mass is 9.95. The van der Waals surface area contributed by atoms with Crippen LogP contribution < -0.4 is 11.1 Å². The summed E-state index contributed by atoms with van der Waals surface area (Å²) in [5, 5.41) is 14.0. The third kappa shape index (κ3) is 5.41. The Kier molecular flexibility index (Phi) is 6.83. The predicted molar refractivity (Wildman–Crippen MR) is 111 cm³/mol. The standard InChI is InChI=1S/C23H31N3O2/c1-2-9-21(23(24,28)22(27)25-20-14-15-20)26(16-18-10-5-3-6-11-18)17-19-12-7-4-8-13-19/h3-8,10-13,20-21,28H,2,9,14-17,24H2,1H3,(H,25,27)/t21-,23-/m0/s1. The summed E-state index contributed by atoms with van der Waals surface area (Å²) in [5.41, 5.74) is 6.58. The van der Waals surface area contributed by atoms with E-state index in [1.54, 1.807) is 0 Å². The fraction of sp³-hybridized carbons (Fsp3) is 0.435. The number of nitrogens with zero attached hydrogens (tertiary/aromatic N) is 1. The summed E-state index contributed by atoms with van der Waals surface area (Å²) in [6.45, 7) is 3.26. The van der Waals surface area contributed by atoms with Crippen LogP contribution in [-0.4, -0.2) is 33.7 Å². The average molecular weight is 382 g/mol. The Balaban J connectivity index is 1.87. The molecule has 2 aromatic carbocycles. The van der Waals surface area contributed by atoms with Gasteiger partial charge in [-0.3, -0.25) is 15.4 Å². The largest absolute Gasteiger partial charge is 0.366 e. The lowest BCUT2D eigenvalue weighted by molar-refractivity contribution is -0.149. The van der Waals surface area contributed by atoms with Gasteiger partial charge in [0, 0.05) is 19.1 Å². The Morgan fingerprint density at radius 3 is 2.04 bits per heavy atom.